The molecule has 3 aromatic carbocycles. The third-order valence-corrected chi connectivity index (χ3v) is 6.04. The van der Waals surface area contributed by atoms with Crippen LogP contribution < -0.4 is 4.74 Å². The number of rotatable bonds is 3. The van der Waals surface area contributed by atoms with Crippen molar-refractivity contribution in [2.24, 2.45) is 5.10 Å². The molecule has 6 nitrogen and oxygen atoms in total. The van der Waals surface area contributed by atoms with Crippen LogP contribution in [-0.2, 0) is 0 Å². The molecule has 0 fully saturated rings. The van der Waals surface area contributed by atoms with Crippen molar-refractivity contribution in [1.29, 1.82) is 0 Å². The second-order valence-corrected chi connectivity index (χ2v) is 8.51. The van der Waals surface area contributed by atoms with Gasteiger partial charge in [0.05, 0.1) is 16.7 Å². The summed E-state index contributed by atoms with van der Waals surface area (Å²) in [4.78, 5) is 10.9. The molecular formula is C22H15BrClN3O3. The average Bonchev–Trinajstić information content (AvgIpc) is 3.19. The van der Waals surface area contributed by atoms with E-state index in [0.717, 1.165) is 27.1 Å². The van der Waals surface area contributed by atoms with Crippen LogP contribution in [0.1, 0.15) is 35.4 Å². The maximum Gasteiger partial charge on any atom is 0.269 e. The third kappa shape index (κ3) is 3.34. The highest BCUT2D eigenvalue weighted by molar-refractivity contribution is 9.10. The van der Waals surface area contributed by atoms with E-state index in [1.807, 2.05) is 53.5 Å². The minimum absolute atomic E-state index is 0.0235. The standard InChI is InChI=1S/C22H15BrClN3O3/c23-15-6-9-21-18(11-15)20-12-19(13-4-7-16(24)8-5-13)25-26(20)22(30-21)14-2-1-3-17(10-14)27(28)29/h1-11,20,22H,12H2. The van der Waals surface area contributed by atoms with Crippen LogP contribution in [0.2, 0.25) is 5.02 Å². The van der Waals surface area contributed by atoms with Gasteiger partial charge in [0, 0.05) is 39.2 Å². The van der Waals surface area contributed by atoms with E-state index in [9.17, 15) is 10.1 Å². The zero-order valence-electron chi connectivity index (χ0n) is 15.5. The van der Waals surface area contributed by atoms with Crippen LogP contribution in [0.15, 0.2) is 76.3 Å². The summed E-state index contributed by atoms with van der Waals surface area (Å²) >= 11 is 9.58. The largest absolute Gasteiger partial charge is 0.464 e. The Balaban J connectivity index is 1.60. The first-order valence-electron chi connectivity index (χ1n) is 9.32. The van der Waals surface area contributed by atoms with Gasteiger partial charge in [-0.25, -0.2) is 5.01 Å². The number of nitro groups is 1. The first kappa shape index (κ1) is 19.1. The highest BCUT2D eigenvalue weighted by Crippen LogP contribution is 2.48. The number of hydrogen-bond acceptors (Lipinski definition) is 5. The van der Waals surface area contributed by atoms with Gasteiger partial charge < -0.3 is 4.74 Å². The van der Waals surface area contributed by atoms with Crippen LogP contribution in [0.5, 0.6) is 5.75 Å². The van der Waals surface area contributed by atoms with Crippen LogP contribution in [0.3, 0.4) is 0 Å². The monoisotopic (exact) mass is 483 g/mol. The highest BCUT2D eigenvalue weighted by Gasteiger charge is 2.41. The Labute approximate surface area is 186 Å². The van der Waals surface area contributed by atoms with E-state index in [1.165, 1.54) is 6.07 Å². The van der Waals surface area contributed by atoms with Crippen molar-refractivity contribution < 1.29 is 9.66 Å². The molecule has 150 valence electrons. The number of non-ortho nitro benzene ring substituents is 1. The number of hydrogen-bond donors (Lipinski definition) is 0. The first-order chi connectivity index (χ1) is 14.5. The van der Waals surface area contributed by atoms with Crippen molar-refractivity contribution in [3.8, 4) is 5.75 Å². The predicted molar refractivity (Wildman–Crippen MR) is 118 cm³/mol. The molecule has 0 saturated heterocycles. The summed E-state index contributed by atoms with van der Waals surface area (Å²) in [7, 11) is 0. The normalized spacial score (nSPS) is 19.5. The minimum atomic E-state index is -0.562. The second kappa shape index (κ2) is 7.41. The van der Waals surface area contributed by atoms with E-state index < -0.39 is 11.2 Å². The molecule has 0 aromatic heterocycles. The molecule has 2 unspecified atom stereocenters. The number of benzene rings is 3. The zero-order valence-corrected chi connectivity index (χ0v) is 17.9. The van der Waals surface area contributed by atoms with Crippen molar-refractivity contribution >= 4 is 38.9 Å². The Morgan fingerprint density at radius 3 is 2.70 bits per heavy atom. The maximum absolute atomic E-state index is 11.3. The van der Waals surface area contributed by atoms with Crippen LogP contribution in [-0.4, -0.2) is 15.6 Å². The maximum atomic E-state index is 11.3. The molecule has 2 aliphatic heterocycles. The molecule has 5 rings (SSSR count). The molecule has 0 N–H and O–H groups in total. The summed E-state index contributed by atoms with van der Waals surface area (Å²) in [5.74, 6) is 0.753. The van der Waals surface area contributed by atoms with Gasteiger partial charge in [0.2, 0.25) is 6.23 Å². The van der Waals surface area contributed by atoms with Crippen molar-refractivity contribution in [3.05, 3.63) is 103 Å². The van der Waals surface area contributed by atoms with Gasteiger partial charge in [-0.1, -0.05) is 51.8 Å². The van der Waals surface area contributed by atoms with E-state index in [0.29, 0.717) is 17.0 Å². The van der Waals surface area contributed by atoms with Gasteiger partial charge in [-0.2, -0.15) is 5.10 Å². The van der Waals surface area contributed by atoms with E-state index in [-0.39, 0.29) is 11.7 Å². The fourth-order valence-corrected chi connectivity index (χ4v) is 4.39. The van der Waals surface area contributed by atoms with Crippen molar-refractivity contribution in [2.45, 2.75) is 18.7 Å². The molecular weight excluding hydrogens is 470 g/mol. The molecule has 0 radical (unpaired) electrons. The Kier molecular flexibility index (Phi) is 4.72. The van der Waals surface area contributed by atoms with E-state index in [1.54, 1.807) is 12.1 Å². The topological polar surface area (TPSA) is 68.0 Å². The number of nitro benzene ring substituents is 1. The van der Waals surface area contributed by atoms with Gasteiger partial charge in [0.25, 0.3) is 5.69 Å². The number of hydrazone groups is 1. The lowest BCUT2D eigenvalue weighted by Crippen LogP contribution is -2.33. The molecule has 8 heteroatoms. The van der Waals surface area contributed by atoms with Gasteiger partial charge in [0.15, 0.2) is 0 Å². The predicted octanol–water partition coefficient (Wildman–Crippen LogP) is 6.25. The fraction of sp³-hybridized carbons (Fsp3) is 0.136. The van der Waals surface area contributed by atoms with Crippen LogP contribution in [0, 0.1) is 10.1 Å². The molecule has 2 heterocycles. The molecule has 2 aliphatic rings. The summed E-state index contributed by atoms with van der Waals surface area (Å²) in [5, 5.41) is 18.7. The molecule has 0 amide bonds. The summed E-state index contributed by atoms with van der Waals surface area (Å²) < 4.78 is 7.24. The molecule has 0 aliphatic carbocycles. The summed E-state index contributed by atoms with van der Waals surface area (Å²) in [6, 6.07) is 19.9. The smallest absolute Gasteiger partial charge is 0.269 e. The lowest BCUT2D eigenvalue weighted by molar-refractivity contribution is -0.385. The minimum Gasteiger partial charge on any atom is -0.464 e. The summed E-state index contributed by atoms with van der Waals surface area (Å²) in [5.41, 5.74) is 3.64. The van der Waals surface area contributed by atoms with E-state index in [4.69, 9.17) is 21.4 Å². The molecule has 0 bridgehead atoms. The van der Waals surface area contributed by atoms with Crippen molar-refractivity contribution in [2.75, 3.05) is 0 Å². The Morgan fingerprint density at radius 2 is 1.93 bits per heavy atom. The fourth-order valence-electron chi connectivity index (χ4n) is 3.89. The number of nitrogens with zero attached hydrogens (tertiary/aromatic N) is 3. The molecule has 0 saturated carbocycles. The number of ether oxygens (including phenoxy) is 1. The van der Waals surface area contributed by atoms with Gasteiger partial charge in [-0.05, 0) is 35.9 Å². The highest BCUT2D eigenvalue weighted by atomic mass is 79.9. The van der Waals surface area contributed by atoms with Crippen LogP contribution >= 0.6 is 27.5 Å². The summed E-state index contributed by atoms with van der Waals surface area (Å²) in [6.07, 6.45) is 0.133. The number of halogens is 2. The first-order valence-corrected chi connectivity index (χ1v) is 10.5. The molecule has 2 atom stereocenters. The molecule has 3 aromatic rings. The average molecular weight is 485 g/mol. The number of fused-ring (bicyclic) bond motifs is 3. The van der Waals surface area contributed by atoms with Crippen molar-refractivity contribution in [1.82, 2.24) is 5.01 Å². The van der Waals surface area contributed by atoms with Gasteiger partial charge >= 0.3 is 0 Å². The Bertz CT molecular complexity index is 1180. The third-order valence-electron chi connectivity index (χ3n) is 5.30. The van der Waals surface area contributed by atoms with E-state index >= 15 is 0 Å². The zero-order chi connectivity index (χ0) is 20.8. The molecule has 0 spiro atoms. The van der Waals surface area contributed by atoms with Crippen LogP contribution in [0.4, 0.5) is 5.69 Å². The quantitative estimate of drug-likeness (QED) is 0.325. The Morgan fingerprint density at radius 1 is 1.13 bits per heavy atom. The SMILES string of the molecule is O=[N+]([O-])c1cccc(C2Oc3ccc(Br)cc3C3CC(c4ccc(Cl)cc4)=NN32)c1. The Hall–Kier alpha value is -2.90. The lowest BCUT2D eigenvalue weighted by atomic mass is 9.96. The second-order valence-electron chi connectivity index (χ2n) is 7.16. The lowest BCUT2D eigenvalue weighted by Gasteiger charge is -2.38. The molecule has 30 heavy (non-hydrogen) atoms. The van der Waals surface area contributed by atoms with Gasteiger partial charge in [-0.3, -0.25) is 10.1 Å². The van der Waals surface area contributed by atoms with Crippen molar-refractivity contribution in [3.63, 3.8) is 0 Å². The van der Waals surface area contributed by atoms with Gasteiger partial charge in [-0.15, -0.1) is 0 Å². The van der Waals surface area contributed by atoms with Crippen LogP contribution in [0.25, 0.3) is 0 Å². The summed E-state index contributed by atoms with van der Waals surface area (Å²) in [6.45, 7) is 0. The van der Waals surface area contributed by atoms with Gasteiger partial charge in [0.1, 0.15) is 5.75 Å². The van der Waals surface area contributed by atoms with E-state index in [2.05, 4.69) is 15.9 Å².